The molecule has 0 saturated heterocycles. The minimum absolute atomic E-state index is 0.252. The lowest BCUT2D eigenvalue weighted by molar-refractivity contribution is 0.0162. The van der Waals surface area contributed by atoms with Crippen LogP contribution in [-0.2, 0) is 11.3 Å². The zero-order valence-corrected chi connectivity index (χ0v) is 12.1. The Morgan fingerprint density at radius 3 is 2.74 bits per heavy atom. The van der Waals surface area contributed by atoms with Gasteiger partial charge in [0.15, 0.2) is 0 Å². The second-order valence-electron chi connectivity index (χ2n) is 4.52. The number of rotatable bonds is 9. The summed E-state index contributed by atoms with van der Waals surface area (Å²) in [5.74, 6) is 0.821. The molecule has 19 heavy (non-hydrogen) atoms. The van der Waals surface area contributed by atoms with Gasteiger partial charge < -0.3 is 19.9 Å². The lowest BCUT2D eigenvalue weighted by Crippen LogP contribution is -2.24. The van der Waals surface area contributed by atoms with Crippen molar-refractivity contribution in [3.8, 4) is 5.75 Å². The van der Waals surface area contributed by atoms with Crippen LogP contribution in [0.25, 0.3) is 0 Å². The minimum Gasteiger partial charge on any atom is -0.490 e. The molecule has 4 nitrogen and oxygen atoms in total. The zero-order valence-electron chi connectivity index (χ0n) is 12.1. The molecule has 1 atom stereocenters. The molecular formula is C15H25NO3. The van der Waals surface area contributed by atoms with Gasteiger partial charge in [-0.15, -0.1) is 0 Å². The molecule has 0 radical (unpaired) electrons. The topological polar surface area (TPSA) is 50.7 Å². The highest BCUT2D eigenvalue weighted by atomic mass is 16.5. The molecule has 0 aromatic heterocycles. The molecule has 4 heteroatoms. The van der Waals surface area contributed by atoms with E-state index in [0.29, 0.717) is 13.2 Å². The maximum Gasteiger partial charge on any atom is 0.123 e. The van der Waals surface area contributed by atoms with Gasteiger partial charge in [-0.05, 0) is 26.5 Å². The van der Waals surface area contributed by atoms with E-state index in [9.17, 15) is 5.11 Å². The highest BCUT2D eigenvalue weighted by Crippen LogP contribution is 2.20. The fraction of sp³-hybridized carbons (Fsp3) is 0.600. The highest BCUT2D eigenvalue weighted by molar-refractivity contribution is 5.36. The Balaban J connectivity index is 2.56. The Labute approximate surface area is 115 Å². The Hall–Kier alpha value is -1.10. The van der Waals surface area contributed by atoms with Gasteiger partial charge in [-0.1, -0.05) is 24.6 Å². The van der Waals surface area contributed by atoms with E-state index in [4.69, 9.17) is 9.47 Å². The molecule has 0 heterocycles. The number of ether oxygens (including phenoxy) is 2. The van der Waals surface area contributed by atoms with E-state index in [0.717, 1.165) is 24.4 Å². The predicted molar refractivity (Wildman–Crippen MR) is 76.6 cm³/mol. The summed E-state index contributed by atoms with van der Waals surface area (Å²) in [6, 6.07) is 6.07. The molecule has 0 bridgehead atoms. The maximum absolute atomic E-state index is 9.70. The van der Waals surface area contributed by atoms with Crippen LogP contribution in [0.2, 0.25) is 0 Å². The van der Waals surface area contributed by atoms with Crippen molar-refractivity contribution < 1.29 is 14.6 Å². The molecule has 0 saturated carbocycles. The number of aryl methyl sites for hydroxylation is 1. The van der Waals surface area contributed by atoms with E-state index in [1.54, 1.807) is 0 Å². The maximum atomic E-state index is 9.70. The second kappa shape index (κ2) is 8.91. The van der Waals surface area contributed by atoms with Crippen LogP contribution in [0.1, 0.15) is 25.0 Å². The van der Waals surface area contributed by atoms with Crippen LogP contribution in [0, 0.1) is 6.92 Å². The first-order valence-corrected chi connectivity index (χ1v) is 6.86. The van der Waals surface area contributed by atoms with E-state index < -0.39 is 6.10 Å². The van der Waals surface area contributed by atoms with Gasteiger partial charge >= 0.3 is 0 Å². The van der Waals surface area contributed by atoms with E-state index in [1.165, 1.54) is 5.56 Å². The van der Waals surface area contributed by atoms with Crippen molar-refractivity contribution in [2.24, 2.45) is 0 Å². The predicted octanol–water partition coefficient (Wildman–Crippen LogP) is 1.88. The zero-order chi connectivity index (χ0) is 14.1. The molecule has 1 aromatic rings. The van der Waals surface area contributed by atoms with Gasteiger partial charge in [0.1, 0.15) is 18.5 Å². The van der Waals surface area contributed by atoms with Crippen molar-refractivity contribution in [2.75, 3.05) is 26.4 Å². The summed E-state index contributed by atoms with van der Waals surface area (Å²) in [5.41, 5.74) is 2.32. The molecular weight excluding hydrogens is 242 g/mol. The van der Waals surface area contributed by atoms with Gasteiger partial charge in [0.25, 0.3) is 0 Å². The van der Waals surface area contributed by atoms with Crippen molar-refractivity contribution in [1.82, 2.24) is 5.32 Å². The monoisotopic (exact) mass is 267 g/mol. The Bertz CT molecular complexity index is 368. The first-order chi connectivity index (χ1) is 9.17. The number of benzene rings is 1. The van der Waals surface area contributed by atoms with Crippen molar-refractivity contribution in [3.05, 3.63) is 29.3 Å². The standard InChI is InChI=1S/C15H25NO3/c1-4-16-9-13-8-12(3)6-7-15(13)19-11-14(17)10-18-5-2/h6-8,14,16-17H,4-5,9-11H2,1-3H3. The molecule has 1 unspecified atom stereocenters. The lowest BCUT2D eigenvalue weighted by Gasteiger charge is -2.15. The van der Waals surface area contributed by atoms with E-state index in [-0.39, 0.29) is 6.61 Å². The van der Waals surface area contributed by atoms with Gasteiger partial charge in [0.2, 0.25) is 0 Å². The fourth-order valence-electron chi connectivity index (χ4n) is 1.73. The SMILES string of the molecule is CCNCc1cc(C)ccc1OCC(O)COCC. The second-order valence-corrected chi connectivity index (χ2v) is 4.52. The molecule has 0 aliphatic rings. The Morgan fingerprint density at radius 2 is 2.05 bits per heavy atom. The summed E-state index contributed by atoms with van der Waals surface area (Å²) in [6.45, 7) is 8.89. The van der Waals surface area contributed by atoms with Gasteiger partial charge in [0.05, 0.1) is 6.61 Å². The first-order valence-electron chi connectivity index (χ1n) is 6.86. The smallest absolute Gasteiger partial charge is 0.123 e. The molecule has 2 N–H and O–H groups in total. The normalized spacial score (nSPS) is 12.4. The Morgan fingerprint density at radius 1 is 1.26 bits per heavy atom. The van der Waals surface area contributed by atoms with Crippen LogP contribution in [0.4, 0.5) is 0 Å². The number of aliphatic hydroxyl groups is 1. The fourth-order valence-corrected chi connectivity index (χ4v) is 1.73. The minimum atomic E-state index is -0.590. The number of hydrogen-bond donors (Lipinski definition) is 2. The highest BCUT2D eigenvalue weighted by Gasteiger charge is 2.08. The molecule has 108 valence electrons. The molecule has 0 amide bonds. The van der Waals surface area contributed by atoms with Crippen molar-refractivity contribution in [2.45, 2.75) is 33.4 Å². The molecule has 0 aliphatic carbocycles. The molecule has 0 aliphatic heterocycles. The van der Waals surface area contributed by atoms with Gasteiger partial charge in [0, 0.05) is 18.7 Å². The summed E-state index contributed by atoms with van der Waals surface area (Å²) in [7, 11) is 0. The average Bonchev–Trinajstić information content (AvgIpc) is 2.41. The van der Waals surface area contributed by atoms with Gasteiger partial charge in [-0.3, -0.25) is 0 Å². The summed E-state index contributed by atoms with van der Waals surface area (Å²) >= 11 is 0. The van der Waals surface area contributed by atoms with E-state index >= 15 is 0 Å². The molecule has 1 aromatic carbocycles. The van der Waals surface area contributed by atoms with Crippen LogP contribution in [-0.4, -0.2) is 37.6 Å². The lowest BCUT2D eigenvalue weighted by atomic mass is 10.1. The van der Waals surface area contributed by atoms with Crippen molar-refractivity contribution in [1.29, 1.82) is 0 Å². The van der Waals surface area contributed by atoms with Crippen molar-refractivity contribution >= 4 is 0 Å². The van der Waals surface area contributed by atoms with Crippen molar-refractivity contribution in [3.63, 3.8) is 0 Å². The van der Waals surface area contributed by atoms with E-state index in [1.807, 2.05) is 19.1 Å². The van der Waals surface area contributed by atoms with Crippen LogP contribution < -0.4 is 10.1 Å². The number of nitrogens with one attached hydrogen (secondary N) is 1. The summed E-state index contributed by atoms with van der Waals surface area (Å²) in [6.07, 6.45) is -0.590. The third-order valence-electron chi connectivity index (χ3n) is 2.73. The largest absolute Gasteiger partial charge is 0.490 e. The average molecular weight is 267 g/mol. The third-order valence-corrected chi connectivity index (χ3v) is 2.73. The van der Waals surface area contributed by atoms with Gasteiger partial charge in [-0.2, -0.15) is 0 Å². The molecule has 0 fully saturated rings. The summed E-state index contributed by atoms with van der Waals surface area (Å²) in [4.78, 5) is 0. The van der Waals surface area contributed by atoms with Gasteiger partial charge in [-0.25, -0.2) is 0 Å². The quantitative estimate of drug-likeness (QED) is 0.717. The number of aliphatic hydroxyl groups excluding tert-OH is 1. The van der Waals surface area contributed by atoms with E-state index in [2.05, 4.69) is 25.2 Å². The van der Waals surface area contributed by atoms with Crippen LogP contribution in [0.15, 0.2) is 18.2 Å². The molecule has 1 rings (SSSR count). The number of hydrogen-bond acceptors (Lipinski definition) is 4. The summed E-state index contributed by atoms with van der Waals surface area (Å²) < 4.78 is 10.8. The third kappa shape index (κ3) is 6.05. The molecule has 0 spiro atoms. The van der Waals surface area contributed by atoms with Crippen LogP contribution >= 0.6 is 0 Å². The first kappa shape index (κ1) is 16.0. The van der Waals surface area contributed by atoms with Crippen LogP contribution in [0.5, 0.6) is 5.75 Å². The summed E-state index contributed by atoms with van der Waals surface area (Å²) in [5, 5.41) is 13.0. The Kier molecular flexibility index (Phi) is 7.48. The van der Waals surface area contributed by atoms with Crippen LogP contribution in [0.3, 0.4) is 0 Å².